The van der Waals surface area contributed by atoms with E-state index in [1.165, 1.54) is 0 Å². The van der Waals surface area contributed by atoms with Crippen LogP contribution < -0.4 is 0 Å². The Morgan fingerprint density at radius 3 is 2.13 bits per heavy atom. The zero-order valence-corrected chi connectivity index (χ0v) is 9.45. The van der Waals surface area contributed by atoms with Crippen molar-refractivity contribution in [3.63, 3.8) is 0 Å². The number of halogens is 3. The number of carbonyl (C=O) groups excluding carboxylic acids is 1. The van der Waals surface area contributed by atoms with Gasteiger partial charge in [-0.3, -0.25) is 4.79 Å². The smallest absolute Gasteiger partial charge is 0.273 e. The van der Waals surface area contributed by atoms with Crippen molar-refractivity contribution in [1.29, 1.82) is 0 Å². The van der Waals surface area contributed by atoms with Gasteiger partial charge < -0.3 is 20.4 Å². The van der Waals surface area contributed by atoms with Crippen molar-refractivity contribution in [2.45, 2.75) is 23.4 Å². The van der Waals surface area contributed by atoms with Crippen LogP contribution in [0.1, 0.15) is 0 Å². The molecule has 0 aromatic carbocycles. The lowest BCUT2D eigenvalue weighted by atomic mass is 10.0. The first kappa shape index (κ1) is 15.3. The average molecular weight is 283 g/mol. The number of carbonyl (C=O) groups is 1. The summed E-state index contributed by atoms with van der Waals surface area (Å²) in [6, 6.07) is 0. The third-order valence-electron chi connectivity index (χ3n) is 1.67. The maximum Gasteiger partial charge on any atom is 0.273 e. The molecule has 0 aromatic heterocycles. The Hall–Kier alpha value is 0.340. The van der Waals surface area contributed by atoms with Crippen molar-refractivity contribution in [2.24, 2.45) is 0 Å². The molecule has 0 spiro atoms. The van der Waals surface area contributed by atoms with E-state index >= 15 is 0 Å². The molecule has 15 heavy (non-hydrogen) atoms. The van der Waals surface area contributed by atoms with Crippen LogP contribution >= 0.6 is 35.1 Å². The molecule has 0 rings (SSSR count). The topological polar surface area (TPSA) is 107 Å². The Labute approximate surface area is 100 Å². The third kappa shape index (κ3) is 3.40. The van der Waals surface area contributed by atoms with Gasteiger partial charge in [-0.25, -0.2) is 4.29 Å². The summed E-state index contributed by atoms with van der Waals surface area (Å²) in [5.41, 5.74) is 0. The van der Waals surface area contributed by atoms with Gasteiger partial charge in [-0.1, -0.05) is 11.6 Å². The second-order valence-corrected chi connectivity index (χ2v) is 3.74. The van der Waals surface area contributed by atoms with Crippen LogP contribution in [0.25, 0.3) is 0 Å². The van der Waals surface area contributed by atoms with Crippen molar-refractivity contribution in [1.82, 2.24) is 0 Å². The number of alkyl halides is 1. The zero-order valence-electron chi connectivity index (χ0n) is 7.18. The summed E-state index contributed by atoms with van der Waals surface area (Å²) in [7, 11) is 0. The predicted octanol–water partition coefficient (Wildman–Crippen LogP) is -1.07. The van der Waals surface area contributed by atoms with Crippen LogP contribution in [0.5, 0.6) is 0 Å². The predicted molar refractivity (Wildman–Crippen MR) is 51.5 cm³/mol. The molecule has 0 aromatic rings. The molecule has 0 aliphatic rings. The van der Waals surface area contributed by atoms with E-state index in [0.29, 0.717) is 0 Å². The summed E-state index contributed by atoms with van der Waals surface area (Å²) >= 11 is 15.2. The molecule has 4 atom stereocenters. The first-order chi connectivity index (χ1) is 6.81. The van der Waals surface area contributed by atoms with Gasteiger partial charge in [-0.2, -0.15) is 0 Å². The standard InChI is InChI=1S/C6H9Cl3O6/c7-5(14)6(8,15-9)4(13)3(12)2(11)1-10/h2-4,10-13H,1H2/t2-,3-,4+,6-/m1/s1. The van der Waals surface area contributed by atoms with Gasteiger partial charge in [0.2, 0.25) is 0 Å². The first-order valence-electron chi connectivity index (χ1n) is 3.64. The molecular formula is C6H9Cl3O6. The molecule has 0 fully saturated rings. The molecule has 0 saturated carbocycles. The molecule has 9 heteroatoms. The van der Waals surface area contributed by atoms with Crippen LogP contribution in [-0.2, 0) is 9.08 Å². The number of aliphatic hydroxyl groups is 4. The molecule has 4 N–H and O–H groups in total. The minimum absolute atomic E-state index is 0.857. The van der Waals surface area contributed by atoms with Crippen LogP contribution in [0.2, 0.25) is 0 Å². The monoisotopic (exact) mass is 282 g/mol. The fraction of sp³-hybridized carbons (Fsp3) is 0.833. The molecule has 0 heterocycles. The molecule has 0 unspecified atom stereocenters. The molecule has 0 saturated heterocycles. The Morgan fingerprint density at radius 1 is 1.40 bits per heavy atom. The Balaban J connectivity index is 4.79. The minimum atomic E-state index is -2.60. The van der Waals surface area contributed by atoms with E-state index in [4.69, 9.17) is 45.3 Å². The molecule has 0 bridgehead atoms. The third-order valence-corrected chi connectivity index (χ3v) is 2.84. The van der Waals surface area contributed by atoms with Gasteiger partial charge >= 0.3 is 0 Å². The molecule has 0 amide bonds. The summed E-state index contributed by atoms with van der Waals surface area (Å²) in [6.45, 7) is -0.857. The van der Waals surface area contributed by atoms with Crippen LogP contribution in [0, 0.1) is 0 Å². The van der Waals surface area contributed by atoms with E-state index in [0.717, 1.165) is 0 Å². The van der Waals surface area contributed by atoms with Crippen LogP contribution in [-0.4, -0.2) is 55.6 Å². The van der Waals surface area contributed by atoms with Crippen molar-refractivity contribution < 1.29 is 29.5 Å². The summed E-state index contributed by atoms with van der Waals surface area (Å²) in [6.07, 6.45) is -5.78. The number of rotatable bonds is 6. The van der Waals surface area contributed by atoms with Crippen LogP contribution in [0.15, 0.2) is 0 Å². The van der Waals surface area contributed by atoms with Crippen molar-refractivity contribution in [3.8, 4) is 0 Å². The van der Waals surface area contributed by atoms with Gasteiger partial charge in [0.1, 0.15) is 18.3 Å². The van der Waals surface area contributed by atoms with Crippen molar-refractivity contribution in [2.75, 3.05) is 6.61 Å². The van der Waals surface area contributed by atoms with Crippen LogP contribution in [0.4, 0.5) is 0 Å². The highest BCUT2D eigenvalue weighted by molar-refractivity contribution is 6.70. The van der Waals surface area contributed by atoms with Crippen LogP contribution in [0.3, 0.4) is 0 Å². The number of hydrogen-bond donors (Lipinski definition) is 4. The lowest BCUT2D eigenvalue weighted by molar-refractivity contribution is -0.143. The van der Waals surface area contributed by atoms with E-state index in [-0.39, 0.29) is 0 Å². The lowest BCUT2D eigenvalue weighted by Gasteiger charge is -2.30. The van der Waals surface area contributed by atoms with E-state index in [2.05, 4.69) is 4.29 Å². The van der Waals surface area contributed by atoms with Gasteiger partial charge in [0.05, 0.1) is 18.5 Å². The van der Waals surface area contributed by atoms with Crippen molar-refractivity contribution in [3.05, 3.63) is 0 Å². The van der Waals surface area contributed by atoms with E-state index < -0.39 is 35.2 Å². The van der Waals surface area contributed by atoms with Gasteiger partial charge in [0.15, 0.2) is 0 Å². The fourth-order valence-electron chi connectivity index (χ4n) is 0.730. The Morgan fingerprint density at radius 2 is 1.87 bits per heavy atom. The highest BCUT2D eigenvalue weighted by atomic mass is 35.5. The summed E-state index contributed by atoms with van der Waals surface area (Å²) in [5.74, 6) is 0. The lowest BCUT2D eigenvalue weighted by Crippen LogP contribution is -2.54. The number of hydrogen-bond acceptors (Lipinski definition) is 6. The first-order valence-corrected chi connectivity index (χ1v) is 4.71. The molecule has 0 aliphatic heterocycles. The highest BCUT2D eigenvalue weighted by Gasteiger charge is 2.49. The highest BCUT2D eigenvalue weighted by Crippen LogP contribution is 2.29. The fourth-order valence-corrected chi connectivity index (χ4v) is 1.21. The summed E-state index contributed by atoms with van der Waals surface area (Å²) < 4.78 is 3.93. The number of aliphatic hydroxyl groups excluding tert-OH is 4. The van der Waals surface area contributed by atoms with Crippen molar-refractivity contribution >= 4 is 40.3 Å². The zero-order chi connectivity index (χ0) is 12.2. The molecule has 0 aliphatic carbocycles. The van der Waals surface area contributed by atoms with E-state index in [1.54, 1.807) is 0 Å². The molecule has 0 radical (unpaired) electrons. The van der Waals surface area contributed by atoms with E-state index in [9.17, 15) is 15.0 Å². The molecule has 90 valence electrons. The van der Waals surface area contributed by atoms with E-state index in [1.807, 2.05) is 0 Å². The normalized spacial score (nSPS) is 21.5. The summed E-state index contributed by atoms with van der Waals surface area (Å²) in [5, 5.41) is 32.0. The molecular weight excluding hydrogens is 274 g/mol. The maximum atomic E-state index is 10.8. The molecule has 6 nitrogen and oxygen atoms in total. The van der Waals surface area contributed by atoms with Gasteiger partial charge in [0, 0.05) is 0 Å². The van der Waals surface area contributed by atoms with Gasteiger partial charge in [-0.15, -0.1) is 0 Å². The van der Waals surface area contributed by atoms with Gasteiger partial charge in [-0.05, 0) is 11.6 Å². The largest absolute Gasteiger partial charge is 0.394 e. The maximum absolute atomic E-state index is 10.8. The minimum Gasteiger partial charge on any atom is -0.394 e. The quantitative estimate of drug-likeness (QED) is 0.365. The Bertz CT molecular complexity index is 227. The average Bonchev–Trinajstić information content (AvgIpc) is 2.24. The summed E-state index contributed by atoms with van der Waals surface area (Å²) in [4.78, 5) is 10.8. The SMILES string of the molecule is O=C(Cl)[C@](Cl)(OCl)[C@@H](O)[C@H](O)[C@H](O)CO. The van der Waals surface area contributed by atoms with Gasteiger partial charge in [0.25, 0.3) is 10.3 Å². The Kier molecular flexibility index (Phi) is 6.31. The second kappa shape index (κ2) is 6.17. The second-order valence-electron chi connectivity index (χ2n) is 2.68.